The highest BCUT2D eigenvalue weighted by Crippen LogP contribution is 2.15. The summed E-state index contributed by atoms with van der Waals surface area (Å²) in [5, 5.41) is 17.7. The Morgan fingerprint density at radius 3 is 2.38 bits per heavy atom. The zero-order valence-corrected chi connectivity index (χ0v) is 12.7. The second kappa shape index (κ2) is 7.20. The van der Waals surface area contributed by atoms with Gasteiger partial charge in [-0.05, 0) is 23.6 Å². The topological polar surface area (TPSA) is 107 Å². The second-order valence-corrected chi connectivity index (χ2v) is 6.52. The summed E-state index contributed by atoms with van der Waals surface area (Å²) in [6.07, 6.45) is 0.735. The van der Waals surface area contributed by atoms with E-state index in [0.29, 0.717) is 12.0 Å². The number of nitrogens with one attached hydrogen (secondary N) is 1. The number of sulfonamides is 1. The molecule has 0 saturated heterocycles. The van der Waals surface area contributed by atoms with Crippen molar-refractivity contribution in [3.63, 3.8) is 0 Å². The van der Waals surface area contributed by atoms with E-state index >= 15 is 0 Å². The van der Waals surface area contributed by atoms with Gasteiger partial charge in [0.15, 0.2) is 0 Å². The zero-order chi connectivity index (χ0) is 16.0. The predicted molar refractivity (Wildman–Crippen MR) is 77.0 cm³/mol. The van der Waals surface area contributed by atoms with Crippen molar-refractivity contribution >= 4 is 16.0 Å². The lowest BCUT2D eigenvalue weighted by Gasteiger charge is -2.20. The van der Waals surface area contributed by atoms with Crippen molar-refractivity contribution in [2.45, 2.75) is 37.6 Å². The zero-order valence-electron chi connectivity index (χ0n) is 11.9. The molecule has 1 aromatic rings. The van der Waals surface area contributed by atoms with E-state index in [2.05, 4.69) is 4.72 Å². The number of nitrogens with zero attached hydrogens (tertiary/aromatic N) is 1. The third-order valence-corrected chi connectivity index (χ3v) is 4.73. The van der Waals surface area contributed by atoms with Gasteiger partial charge in [0.25, 0.3) is 0 Å². The highest BCUT2D eigenvalue weighted by molar-refractivity contribution is 7.89. The molecule has 2 atom stereocenters. The second-order valence-electron chi connectivity index (χ2n) is 4.80. The number of hydrogen-bond acceptors (Lipinski definition) is 4. The van der Waals surface area contributed by atoms with E-state index in [1.807, 2.05) is 6.07 Å². The Kier molecular flexibility index (Phi) is 5.88. The molecule has 1 aromatic carbocycles. The Bertz CT molecular complexity index is 632. The van der Waals surface area contributed by atoms with Gasteiger partial charge in [0.2, 0.25) is 10.0 Å². The molecule has 21 heavy (non-hydrogen) atoms. The minimum atomic E-state index is -3.91. The highest BCUT2D eigenvalue weighted by Gasteiger charge is 2.29. The lowest BCUT2D eigenvalue weighted by Crippen LogP contribution is -2.44. The summed E-state index contributed by atoms with van der Waals surface area (Å²) >= 11 is 0. The lowest BCUT2D eigenvalue weighted by atomic mass is 10.0. The molecule has 0 heterocycles. The monoisotopic (exact) mass is 310 g/mol. The summed E-state index contributed by atoms with van der Waals surface area (Å²) < 4.78 is 26.6. The molecule has 0 aliphatic carbocycles. The van der Waals surface area contributed by atoms with Crippen LogP contribution in [0.15, 0.2) is 29.2 Å². The molecule has 7 heteroatoms. The first kappa shape index (κ1) is 17.1. The largest absolute Gasteiger partial charge is 0.480 e. The molecule has 0 aliphatic heterocycles. The maximum atomic E-state index is 12.2. The van der Waals surface area contributed by atoms with Crippen LogP contribution in [0.2, 0.25) is 0 Å². The van der Waals surface area contributed by atoms with Crippen LogP contribution in [-0.4, -0.2) is 25.5 Å². The Morgan fingerprint density at radius 2 is 1.95 bits per heavy atom. The van der Waals surface area contributed by atoms with Crippen molar-refractivity contribution in [1.82, 2.24) is 4.72 Å². The van der Waals surface area contributed by atoms with Gasteiger partial charge in [-0.3, -0.25) is 4.79 Å². The maximum absolute atomic E-state index is 12.2. The summed E-state index contributed by atoms with van der Waals surface area (Å²) in [5.41, 5.74) is 0.702. The molecule has 0 bridgehead atoms. The van der Waals surface area contributed by atoms with Gasteiger partial charge in [0.1, 0.15) is 6.04 Å². The summed E-state index contributed by atoms with van der Waals surface area (Å²) in [6, 6.07) is 6.61. The molecule has 0 spiro atoms. The Morgan fingerprint density at radius 1 is 1.38 bits per heavy atom. The number of benzene rings is 1. The van der Waals surface area contributed by atoms with Gasteiger partial charge in [0, 0.05) is 0 Å². The van der Waals surface area contributed by atoms with Crippen molar-refractivity contribution in [3.05, 3.63) is 29.8 Å². The Labute approximate surface area is 124 Å². The first-order valence-corrected chi connectivity index (χ1v) is 8.01. The number of carboxylic acids is 1. The quantitative estimate of drug-likeness (QED) is 0.794. The molecule has 6 nitrogen and oxygen atoms in total. The number of carboxylic acid groups (broad SMARTS) is 1. The molecule has 0 amide bonds. The average molecular weight is 310 g/mol. The van der Waals surface area contributed by atoms with Crippen LogP contribution in [0, 0.1) is 17.2 Å². The van der Waals surface area contributed by atoms with Gasteiger partial charge in [-0.2, -0.15) is 9.98 Å². The van der Waals surface area contributed by atoms with Crippen LogP contribution in [0.5, 0.6) is 0 Å². The molecule has 0 radical (unpaired) electrons. The first-order valence-electron chi connectivity index (χ1n) is 6.52. The van der Waals surface area contributed by atoms with Crippen LogP contribution < -0.4 is 4.72 Å². The van der Waals surface area contributed by atoms with Crippen LogP contribution in [0.4, 0.5) is 0 Å². The van der Waals surface area contributed by atoms with Gasteiger partial charge in [-0.25, -0.2) is 8.42 Å². The van der Waals surface area contributed by atoms with Crippen molar-refractivity contribution < 1.29 is 18.3 Å². The molecule has 0 aliphatic rings. The number of nitriles is 1. The highest BCUT2D eigenvalue weighted by atomic mass is 32.2. The SMILES string of the molecule is CC[C@H](C)[C@H](NS(=O)(=O)c1ccc(CC#N)cc1)C(=O)O. The van der Waals surface area contributed by atoms with E-state index in [4.69, 9.17) is 10.4 Å². The summed E-state index contributed by atoms with van der Waals surface area (Å²) in [7, 11) is -3.91. The predicted octanol–water partition coefficient (Wildman–Crippen LogP) is 1.53. The molecule has 1 rings (SSSR count). The Balaban J connectivity index is 2.99. The van der Waals surface area contributed by atoms with Crippen LogP contribution >= 0.6 is 0 Å². The molecular formula is C14H18N2O4S. The minimum Gasteiger partial charge on any atom is -0.480 e. The third kappa shape index (κ3) is 4.55. The van der Waals surface area contributed by atoms with Gasteiger partial charge < -0.3 is 5.11 Å². The molecule has 0 unspecified atom stereocenters. The van der Waals surface area contributed by atoms with E-state index in [0.717, 1.165) is 0 Å². The van der Waals surface area contributed by atoms with Gasteiger partial charge in [0.05, 0.1) is 17.4 Å². The smallest absolute Gasteiger partial charge is 0.322 e. The maximum Gasteiger partial charge on any atom is 0.322 e. The number of hydrogen-bond donors (Lipinski definition) is 2. The summed E-state index contributed by atoms with van der Waals surface area (Å²) in [6.45, 7) is 3.48. The Hall–Kier alpha value is -1.91. The van der Waals surface area contributed by atoms with E-state index in [9.17, 15) is 13.2 Å². The summed E-state index contributed by atoms with van der Waals surface area (Å²) in [4.78, 5) is 11.2. The average Bonchev–Trinajstić information content (AvgIpc) is 2.44. The summed E-state index contributed by atoms with van der Waals surface area (Å²) in [5.74, 6) is -1.52. The molecule has 2 N–H and O–H groups in total. The van der Waals surface area contributed by atoms with E-state index in [-0.39, 0.29) is 17.2 Å². The first-order chi connectivity index (χ1) is 9.81. The normalized spacial score (nSPS) is 14.1. The van der Waals surface area contributed by atoms with Gasteiger partial charge in [-0.15, -0.1) is 0 Å². The van der Waals surface area contributed by atoms with E-state index in [1.54, 1.807) is 13.8 Å². The lowest BCUT2D eigenvalue weighted by molar-refractivity contribution is -0.140. The van der Waals surface area contributed by atoms with Crippen molar-refractivity contribution in [2.75, 3.05) is 0 Å². The fraction of sp³-hybridized carbons (Fsp3) is 0.429. The van der Waals surface area contributed by atoms with Crippen LogP contribution in [0.25, 0.3) is 0 Å². The molecular weight excluding hydrogens is 292 g/mol. The van der Waals surface area contributed by atoms with Crippen LogP contribution in [0.3, 0.4) is 0 Å². The van der Waals surface area contributed by atoms with Crippen molar-refractivity contribution in [3.8, 4) is 6.07 Å². The van der Waals surface area contributed by atoms with Gasteiger partial charge in [-0.1, -0.05) is 32.4 Å². The number of rotatable bonds is 7. The minimum absolute atomic E-state index is 0.0151. The van der Waals surface area contributed by atoms with Crippen molar-refractivity contribution in [2.24, 2.45) is 5.92 Å². The van der Waals surface area contributed by atoms with Gasteiger partial charge >= 0.3 is 5.97 Å². The molecule has 0 aromatic heterocycles. The molecule has 0 saturated carbocycles. The third-order valence-electron chi connectivity index (χ3n) is 3.28. The molecule has 114 valence electrons. The van der Waals surface area contributed by atoms with E-state index in [1.165, 1.54) is 24.3 Å². The fourth-order valence-corrected chi connectivity index (χ4v) is 3.06. The number of aliphatic carboxylic acids is 1. The van der Waals surface area contributed by atoms with Crippen molar-refractivity contribution in [1.29, 1.82) is 5.26 Å². The van der Waals surface area contributed by atoms with E-state index < -0.39 is 22.0 Å². The molecule has 0 fully saturated rings. The fourth-order valence-electron chi connectivity index (χ4n) is 1.76. The standard InChI is InChI=1S/C14H18N2O4S/c1-3-10(2)13(14(17)18)16-21(19,20)12-6-4-11(5-7-12)8-9-15/h4-7,10,13,16H,3,8H2,1-2H3,(H,17,18)/t10-,13-/m0/s1. The van der Waals surface area contributed by atoms with Crippen LogP contribution in [-0.2, 0) is 21.2 Å². The number of carbonyl (C=O) groups is 1. The van der Waals surface area contributed by atoms with Crippen LogP contribution in [0.1, 0.15) is 25.8 Å².